The van der Waals surface area contributed by atoms with Gasteiger partial charge in [-0.3, -0.25) is 0 Å². The number of ether oxygens (including phenoxy) is 1. The first kappa shape index (κ1) is 22.7. The highest BCUT2D eigenvalue weighted by Gasteiger charge is 1.94. The molecule has 1 radical (unpaired) electrons. The molecule has 0 aliphatic carbocycles. The fraction of sp³-hybridized carbons (Fsp3) is 0.864. The zero-order chi connectivity index (χ0) is 16.8. The van der Waals surface area contributed by atoms with E-state index < -0.39 is 0 Å². The van der Waals surface area contributed by atoms with Gasteiger partial charge in [0, 0.05) is 7.11 Å². The summed E-state index contributed by atoms with van der Waals surface area (Å²) in [5.74, 6) is 0. The van der Waals surface area contributed by atoms with E-state index in [0.717, 1.165) is 0 Å². The summed E-state index contributed by atoms with van der Waals surface area (Å²) in [6, 6.07) is 0. The first-order valence-corrected chi connectivity index (χ1v) is 10.4. The predicted molar refractivity (Wildman–Crippen MR) is 105 cm³/mol. The number of methoxy groups -OCH3 is 1. The van der Waals surface area contributed by atoms with Crippen molar-refractivity contribution in [2.75, 3.05) is 7.11 Å². The third kappa shape index (κ3) is 21.7. The van der Waals surface area contributed by atoms with Crippen molar-refractivity contribution in [2.45, 2.75) is 116 Å². The number of unbranched alkanes of at least 4 members (excludes halogenated alkanes) is 16. The van der Waals surface area contributed by atoms with Crippen LogP contribution in [-0.2, 0) is 4.74 Å². The Morgan fingerprint density at radius 2 is 0.957 bits per heavy atom. The Bertz CT molecular complexity index is 222. The second-order valence-corrected chi connectivity index (χ2v) is 6.89. The fourth-order valence-corrected chi connectivity index (χ4v) is 3.04. The molecule has 23 heavy (non-hydrogen) atoms. The minimum Gasteiger partial charge on any atom is -0.374 e. The van der Waals surface area contributed by atoms with Gasteiger partial charge in [0.25, 0.3) is 0 Å². The van der Waals surface area contributed by atoms with Crippen LogP contribution >= 0.6 is 0 Å². The lowest BCUT2D eigenvalue weighted by molar-refractivity contribution is 0.296. The molecule has 1 heteroatoms. The summed E-state index contributed by atoms with van der Waals surface area (Å²) in [6.45, 7) is 4.03. The first-order valence-electron chi connectivity index (χ1n) is 10.4. The second-order valence-electron chi connectivity index (χ2n) is 6.89. The molecule has 0 amide bonds. The van der Waals surface area contributed by atoms with Crippen molar-refractivity contribution in [3.63, 3.8) is 0 Å². The van der Waals surface area contributed by atoms with Gasteiger partial charge in [0.15, 0.2) is 0 Å². The normalized spacial score (nSPS) is 11.6. The molecule has 0 atom stereocenters. The maximum Gasteiger partial charge on any atom is 0.105 e. The van der Waals surface area contributed by atoms with Crippen molar-refractivity contribution in [1.29, 1.82) is 0 Å². The van der Waals surface area contributed by atoms with Gasteiger partial charge in [-0.2, -0.15) is 0 Å². The standard InChI is InChI=1S/C22H43O/c1-3-4-5-6-7-8-9-10-11-12-13-14-15-16-17-18-19-20-21-22-23-2/h20-22H,3-19H2,1-2H3. The van der Waals surface area contributed by atoms with Crippen molar-refractivity contribution < 1.29 is 4.74 Å². The molecule has 0 N–H and O–H groups in total. The van der Waals surface area contributed by atoms with Crippen LogP contribution in [0.15, 0.2) is 12.2 Å². The van der Waals surface area contributed by atoms with E-state index >= 15 is 0 Å². The van der Waals surface area contributed by atoms with Gasteiger partial charge in [-0.05, 0) is 12.8 Å². The Hall–Kier alpha value is -0.300. The van der Waals surface area contributed by atoms with Gasteiger partial charge in [0.1, 0.15) is 6.61 Å². The lowest BCUT2D eigenvalue weighted by Crippen LogP contribution is -1.83. The Kier molecular flexibility index (Phi) is 21.4. The van der Waals surface area contributed by atoms with Crippen LogP contribution < -0.4 is 0 Å². The molecule has 0 fully saturated rings. The molecule has 0 unspecified atom stereocenters. The van der Waals surface area contributed by atoms with Crippen LogP contribution in [0.1, 0.15) is 116 Å². The van der Waals surface area contributed by atoms with Crippen molar-refractivity contribution in [3.05, 3.63) is 18.8 Å². The minimum absolute atomic E-state index is 1.19. The highest BCUT2D eigenvalue weighted by Crippen LogP contribution is 2.14. The van der Waals surface area contributed by atoms with E-state index in [9.17, 15) is 0 Å². The maximum absolute atomic E-state index is 4.86. The van der Waals surface area contributed by atoms with Crippen LogP contribution in [0.3, 0.4) is 0 Å². The fourth-order valence-electron chi connectivity index (χ4n) is 3.04. The summed E-state index contributed by atoms with van der Waals surface area (Å²) < 4.78 is 4.86. The van der Waals surface area contributed by atoms with Crippen LogP contribution in [0.2, 0.25) is 0 Å². The molecule has 1 nitrogen and oxygen atoms in total. The first-order chi connectivity index (χ1) is 11.4. The Balaban J connectivity index is 2.97. The summed E-state index contributed by atoms with van der Waals surface area (Å²) in [7, 11) is 1.69. The molecule has 0 saturated carbocycles. The number of rotatable bonds is 19. The van der Waals surface area contributed by atoms with Gasteiger partial charge >= 0.3 is 0 Å². The Morgan fingerprint density at radius 1 is 0.565 bits per heavy atom. The van der Waals surface area contributed by atoms with E-state index in [1.807, 2.05) is 6.08 Å². The van der Waals surface area contributed by atoms with E-state index in [-0.39, 0.29) is 0 Å². The predicted octanol–water partition coefficient (Wildman–Crippen LogP) is 8.00. The van der Waals surface area contributed by atoms with E-state index in [1.165, 1.54) is 109 Å². The average molecular weight is 324 g/mol. The van der Waals surface area contributed by atoms with Crippen LogP contribution in [0.25, 0.3) is 0 Å². The summed E-state index contributed by atoms with van der Waals surface area (Å²) in [5.41, 5.74) is 0. The molecule has 137 valence electrons. The molecule has 0 aromatic rings. The van der Waals surface area contributed by atoms with Crippen LogP contribution in [0, 0.1) is 6.61 Å². The third-order valence-electron chi connectivity index (χ3n) is 4.58. The molecule has 0 aliphatic heterocycles. The summed E-state index contributed by atoms with van der Waals surface area (Å²) in [6.07, 6.45) is 28.4. The molecule has 0 saturated heterocycles. The van der Waals surface area contributed by atoms with Crippen molar-refractivity contribution in [1.82, 2.24) is 0 Å². The van der Waals surface area contributed by atoms with E-state index in [1.54, 1.807) is 13.7 Å². The Morgan fingerprint density at radius 3 is 1.35 bits per heavy atom. The minimum atomic E-state index is 1.19. The molecule has 0 spiro atoms. The molecular formula is C22H43O. The molecular weight excluding hydrogens is 280 g/mol. The zero-order valence-electron chi connectivity index (χ0n) is 16.2. The number of allylic oxidation sites excluding steroid dienone is 1. The van der Waals surface area contributed by atoms with Gasteiger partial charge in [-0.15, -0.1) is 0 Å². The SMILES string of the molecule is CCCCCCCCCCCCCCCCCCC=C[CH]OC. The molecule has 0 aliphatic rings. The Labute approximate surface area is 147 Å². The van der Waals surface area contributed by atoms with E-state index in [0.29, 0.717) is 0 Å². The monoisotopic (exact) mass is 323 g/mol. The van der Waals surface area contributed by atoms with Crippen LogP contribution in [0.4, 0.5) is 0 Å². The zero-order valence-corrected chi connectivity index (χ0v) is 16.2. The number of hydrogen-bond donors (Lipinski definition) is 0. The molecule has 0 rings (SSSR count). The van der Waals surface area contributed by atoms with Gasteiger partial charge < -0.3 is 4.74 Å². The van der Waals surface area contributed by atoms with Crippen molar-refractivity contribution in [2.24, 2.45) is 0 Å². The summed E-state index contributed by atoms with van der Waals surface area (Å²) >= 11 is 0. The lowest BCUT2D eigenvalue weighted by Gasteiger charge is -2.03. The topological polar surface area (TPSA) is 9.23 Å². The molecule has 0 aromatic heterocycles. The van der Waals surface area contributed by atoms with Gasteiger partial charge in [0.2, 0.25) is 0 Å². The van der Waals surface area contributed by atoms with Crippen LogP contribution in [0.5, 0.6) is 0 Å². The second kappa shape index (κ2) is 21.7. The maximum atomic E-state index is 4.86. The quantitative estimate of drug-likeness (QED) is 0.219. The van der Waals surface area contributed by atoms with E-state index in [4.69, 9.17) is 4.74 Å². The van der Waals surface area contributed by atoms with E-state index in [2.05, 4.69) is 13.0 Å². The van der Waals surface area contributed by atoms with Crippen LogP contribution in [-0.4, -0.2) is 7.11 Å². The summed E-state index contributed by atoms with van der Waals surface area (Å²) in [4.78, 5) is 0. The highest BCUT2D eigenvalue weighted by atomic mass is 16.5. The molecule has 0 aromatic carbocycles. The average Bonchev–Trinajstić information content (AvgIpc) is 2.57. The third-order valence-corrected chi connectivity index (χ3v) is 4.58. The summed E-state index contributed by atoms with van der Waals surface area (Å²) in [5, 5.41) is 0. The molecule has 0 heterocycles. The highest BCUT2D eigenvalue weighted by molar-refractivity contribution is 4.88. The smallest absolute Gasteiger partial charge is 0.105 e. The van der Waals surface area contributed by atoms with Gasteiger partial charge in [0.05, 0.1) is 0 Å². The number of hydrogen-bond acceptors (Lipinski definition) is 1. The van der Waals surface area contributed by atoms with Crippen molar-refractivity contribution in [3.8, 4) is 0 Å². The van der Waals surface area contributed by atoms with Gasteiger partial charge in [-0.1, -0.05) is 115 Å². The molecule has 0 bridgehead atoms. The van der Waals surface area contributed by atoms with Crippen molar-refractivity contribution >= 4 is 0 Å². The largest absolute Gasteiger partial charge is 0.374 e. The van der Waals surface area contributed by atoms with Gasteiger partial charge in [-0.25, -0.2) is 0 Å². The lowest BCUT2D eigenvalue weighted by atomic mass is 10.0.